The van der Waals surface area contributed by atoms with Gasteiger partial charge in [0.2, 0.25) is 0 Å². The lowest BCUT2D eigenvalue weighted by atomic mass is 10.9. The molecule has 0 amide bonds. The molecule has 11 heavy (non-hydrogen) atoms. The number of hydrogen-bond acceptors (Lipinski definition) is 2. The lowest BCUT2D eigenvalue weighted by Crippen LogP contribution is -1.79. The first-order valence-electron chi connectivity index (χ1n) is 2.63. The quantitative estimate of drug-likeness (QED) is 0.704. The smallest absolute Gasteiger partial charge is 0.303 e. The molecule has 0 rings (SSSR count). The summed E-state index contributed by atoms with van der Waals surface area (Å²) in [6, 6.07) is 0. The Bertz CT molecular complexity index is 206. The van der Waals surface area contributed by atoms with Gasteiger partial charge in [0.25, 0.3) is 0 Å². The highest BCUT2D eigenvalue weighted by Gasteiger charge is 2.16. The van der Waals surface area contributed by atoms with Gasteiger partial charge in [-0.05, 0) is 6.92 Å². The maximum atomic E-state index is 13.1. The van der Waals surface area contributed by atoms with Crippen molar-refractivity contribution in [2.45, 2.75) is 6.92 Å². The minimum atomic E-state index is -3.56. The Balaban J connectivity index is 4.51. The fourth-order valence-electron chi connectivity index (χ4n) is 0.353. The highest BCUT2D eigenvalue weighted by Crippen LogP contribution is 2.57. The molecule has 0 aromatic rings. The zero-order chi connectivity index (χ0) is 8.74. The molecule has 0 spiro atoms. The predicted octanol–water partition coefficient (Wildman–Crippen LogP) is 3.57. The monoisotopic (exact) mass is 216 g/mol. The number of hydrogen-bond donors (Lipinski definition) is 2. The van der Waals surface area contributed by atoms with Crippen molar-refractivity contribution >= 4 is 24.8 Å². The fraction of sp³-hybridized carbons (Fsp3) is 1.00. The summed E-state index contributed by atoms with van der Waals surface area (Å²) in [7, 11) is -3.68. The summed E-state index contributed by atoms with van der Waals surface area (Å²) in [5, 5.41) is 6.62. The number of rotatable bonds is 4. The van der Waals surface area contributed by atoms with Gasteiger partial charge in [-0.2, -0.15) is 13.2 Å². The van der Waals surface area contributed by atoms with Gasteiger partial charge in [-0.25, -0.2) is 0 Å². The van der Waals surface area contributed by atoms with Crippen LogP contribution < -0.4 is 5.50 Å². The van der Waals surface area contributed by atoms with Crippen LogP contribution in [0.4, 0.5) is 4.20 Å². The van der Waals surface area contributed by atoms with Crippen LogP contribution in [0.3, 0.4) is 0 Å². The van der Waals surface area contributed by atoms with E-state index >= 15 is 0 Å². The van der Waals surface area contributed by atoms with E-state index in [1.54, 1.807) is 6.92 Å². The molecule has 0 aliphatic rings. The summed E-state index contributed by atoms with van der Waals surface area (Å²) in [4.78, 5) is 0. The first-order chi connectivity index (χ1) is 5.18. The third-order valence-corrected chi connectivity index (χ3v) is 3.73. The molecule has 0 aliphatic heterocycles. The van der Waals surface area contributed by atoms with Crippen molar-refractivity contribution in [1.29, 1.82) is 5.16 Å². The van der Waals surface area contributed by atoms with Gasteiger partial charge >= 0.3 is 7.74 Å². The van der Waals surface area contributed by atoms with Crippen molar-refractivity contribution in [2.75, 3.05) is 6.61 Å². The van der Waals surface area contributed by atoms with Crippen molar-refractivity contribution < 1.29 is 8.72 Å². The van der Waals surface area contributed by atoms with E-state index in [1.807, 2.05) is 0 Å². The average Bonchev–Trinajstić information content (AvgIpc) is 1.88. The molecule has 0 aliphatic carbocycles. The largest absolute Gasteiger partial charge is 0.389 e. The Morgan fingerprint density at radius 1 is 1.82 bits per heavy atom. The lowest BCUT2D eigenvalue weighted by Gasteiger charge is -2.04. The number of nitrogens with zero attached hydrogens (tertiary/aromatic N) is 2. The molecule has 0 radical (unpaired) electrons. The van der Waals surface area contributed by atoms with Crippen molar-refractivity contribution in [3.63, 3.8) is 0 Å². The van der Waals surface area contributed by atoms with E-state index in [0.29, 0.717) is 0 Å². The second-order valence-electron chi connectivity index (χ2n) is 1.29. The molecule has 3 N–H and O–H groups in total. The topological polar surface area (TPSA) is 83.8 Å². The molecule has 0 fully saturated rings. The third-order valence-electron chi connectivity index (χ3n) is 0.610. The Morgan fingerprint density at radius 2 is 2.45 bits per heavy atom. The van der Waals surface area contributed by atoms with Gasteiger partial charge in [0, 0.05) is 0 Å². The minimum Gasteiger partial charge on any atom is -0.303 e. The normalized spacial score (nSPS) is 17.0. The summed E-state index contributed by atoms with van der Waals surface area (Å²) in [5.74, 6) is 0. The van der Waals surface area contributed by atoms with Gasteiger partial charge in [0.1, 0.15) is 0 Å². The van der Waals surface area contributed by atoms with Crippen LogP contribution in [0.5, 0.6) is 0 Å². The van der Waals surface area contributed by atoms with E-state index in [1.165, 1.54) is 0 Å². The zero-order valence-electron chi connectivity index (χ0n) is 5.81. The first kappa shape index (κ1) is 11.3. The van der Waals surface area contributed by atoms with Crippen molar-refractivity contribution in [1.82, 2.24) is 0 Å². The summed E-state index contributed by atoms with van der Waals surface area (Å²) in [6.45, 7) is 1.82. The Labute approximate surface area is 67.5 Å². The van der Waals surface area contributed by atoms with Crippen LogP contribution >= 0.6 is 24.8 Å². The summed E-state index contributed by atoms with van der Waals surface area (Å²) in [5.41, 5.74) is 4.96. The molecular weight excluding hydrogens is 208 g/mol. The third kappa shape index (κ3) is 4.67. The Morgan fingerprint density at radius 3 is 2.82 bits per heavy atom. The van der Waals surface area contributed by atoms with Gasteiger partial charge in [-0.3, -0.25) is 10.7 Å². The fourth-order valence-corrected chi connectivity index (χ4v) is 2.51. The molecule has 1 atom stereocenters. The van der Waals surface area contributed by atoms with Crippen LogP contribution in [0.15, 0.2) is 9.03 Å². The van der Waals surface area contributed by atoms with E-state index in [0.717, 1.165) is 0 Å². The van der Waals surface area contributed by atoms with Crippen LogP contribution in [0, 0.1) is 5.16 Å². The second kappa shape index (κ2) is 5.87. The van der Waals surface area contributed by atoms with Crippen LogP contribution in [0.1, 0.15) is 6.92 Å². The summed E-state index contributed by atoms with van der Waals surface area (Å²) >= 11 is 0. The van der Waals surface area contributed by atoms with Gasteiger partial charge in [0.15, 0.2) is 8.52 Å². The summed E-state index contributed by atoms with van der Waals surface area (Å²) in [6.07, 6.45) is 0. The Hall–Kier alpha value is 0.280. The molecule has 9 heteroatoms. The molecule has 0 bridgehead atoms. The molecular formula is C2H8FN4OP3. The molecule has 5 nitrogen and oxygen atoms in total. The Kier molecular flexibility index (Phi) is 6.02. The van der Waals surface area contributed by atoms with E-state index in [2.05, 4.69) is 13.6 Å². The van der Waals surface area contributed by atoms with E-state index in [9.17, 15) is 4.20 Å². The molecule has 0 aromatic carbocycles. The maximum absolute atomic E-state index is 13.1. The van der Waals surface area contributed by atoms with E-state index in [-0.39, 0.29) is 23.7 Å². The molecule has 0 aromatic heterocycles. The predicted molar refractivity (Wildman–Crippen MR) is 45.3 cm³/mol. The molecule has 0 heterocycles. The molecule has 1 unspecified atom stereocenters. The van der Waals surface area contributed by atoms with Crippen LogP contribution in [0.25, 0.3) is 0 Å². The maximum Gasteiger partial charge on any atom is 0.389 e. The highest BCUT2D eigenvalue weighted by molar-refractivity contribution is 7.61. The van der Waals surface area contributed by atoms with Crippen molar-refractivity contribution in [3.05, 3.63) is 0 Å². The van der Waals surface area contributed by atoms with Crippen LogP contribution in [-0.4, -0.2) is 6.61 Å². The average molecular weight is 216 g/mol. The summed E-state index contributed by atoms with van der Waals surface area (Å²) < 4.78 is 24.3. The molecule has 64 valence electrons. The standard InChI is InChI=1S/C2H8FN4OP3/c1-2-8-11(3,6-9-4)7-10-5/h4H,2H2,1H3,(H2,5,7). The van der Waals surface area contributed by atoms with Gasteiger partial charge in [-0.15, -0.1) is 0 Å². The first-order valence-corrected chi connectivity index (χ1v) is 5.90. The number of nitrogens with one attached hydrogen (secondary N) is 1. The molecule has 0 saturated heterocycles. The zero-order valence-corrected chi connectivity index (χ0v) is 8.49. The molecule has 0 saturated carbocycles. The lowest BCUT2D eigenvalue weighted by molar-refractivity contribution is 0.348. The van der Waals surface area contributed by atoms with Gasteiger partial charge in [-0.1, -0.05) is 0 Å². The number of halogens is 1. The van der Waals surface area contributed by atoms with Crippen LogP contribution in [-0.2, 0) is 4.52 Å². The number of nitrogens with two attached hydrogens (primary N) is 1. The van der Waals surface area contributed by atoms with Crippen molar-refractivity contribution in [3.8, 4) is 0 Å². The SMILES string of the molecule is CCOP(F)(N=PN)=NP=N. The second-order valence-corrected chi connectivity index (χ2v) is 4.35. The van der Waals surface area contributed by atoms with E-state index < -0.39 is 7.74 Å². The van der Waals surface area contributed by atoms with Gasteiger partial charge in [0.05, 0.1) is 15.1 Å². The van der Waals surface area contributed by atoms with E-state index in [4.69, 9.17) is 10.7 Å². The van der Waals surface area contributed by atoms with Gasteiger partial charge < -0.3 is 4.52 Å². The van der Waals surface area contributed by atoms with Crippen LogP contribution in [0.2, 0.25) is 0 Å². The highest BCUT2D eigenvalue weighted by atomic mass is 31.2. The van der Waals surface area contributed by atoms with Crippen molar-refractivity contribution in [2.24, 2.45) is 14.5 Å². The minimum absolute atomic E-state index is 0.0515.